The fraction of sp³-hybridized carbons (Fsp3) is 0.278. The fourth-order valence-electron chi connectivity index (χ4n) is 2.25. The van der Waals surface area contributed by atoms with Crippen LogP contribution in [0.4, 0.5) is 5.69 Å². The Morgan fingerprint density at radius 1 is 1.10 bits per heavy atom. The Labute approximate surface area is 126 Å². The second-order valence-electron chi connectivity index (χ2n) is 5.35. The summed E-state index contributed by atoms with van der Waals surface area (Å²) in [6.45, 7) is 4.05. The van der Waals surface area contributed by atoms with Gasteiger partial charge in [-0.2, -0.15) is 0 Å². The van der Waals surface area contributed by atoms with E-state index < -0.39 is 0 Å². The Balaban J connectivity index is 1.89. The van der Waals surface area contributed by atoms with Crippen molar-refractivity contribution >= 4 is 11.6 Å². The van der Waals surface area contributed by atoms with Gasteiger partial charge in [0, 0.05) is 18.2 Å². The van der Waals surface area contributed by atoms with Gasteiger partial charge in [0.15, 0.2) is 0 Å². The first-order valence-electron chi connectivity index (χ1n) is 7.24. The van der Waals surface area contributed by atoms with Gasteiger partial charge in [-0.05, 0) is 43.0 Å². The van der Waals surface area contributed by atoms with Gasteiger partial charge in [-0.15, -0.1) is 0 Å². The number of nitrogens with one attached hydrogen (secondary N) is 1. The van der Waals surface area contributed by atoms with Crippen LogP contribution in [-0.4, -0.2) is 5.91 Å². The van der Waals surface area contributed by atoms with Gasteiger partial charge >= 0.3 is 0 Å². The second-order valence-corrected chi connectivity index (χ2v) is 5.35. The lowest BCUT2D eigenvalue weighted by molar-refractivity contribution is -0.116. The van der Waals surface area contributed by atoms with Crippen LogP contribution in [0.2, 0.25) is 0 Å². The number of carbonyl (C=O) groups excluding carboxylic acids is 1. The third-order valence-corrected chi connectivity index (χ3v) is 3.79. The van der Waals surface area contributed by atoms with E-state index in [-0.39, 0.29) is 11.9 Å². The van der Waals surface area contributed by atoms with E-state index in [0.717, 1.165) is 16.8 Å². The first-order chi connectivity index (χ1) is 10.1. The Morgan fingerprint density at radius 2 is 1.81 bits per heavy atom. The quantitative estimate of drug-likeness (QED) is 0.878. The largest absolute Gasteiger partial charge is 0.326 e. The minimum Gasteiger partial charge on any atom is -0.326 e. The second kappa shape index (κ2) is 7.04. The summed E-state index contributed by atoms with van der Waals surface area (Å²) < 4.78 is 0. The highest BCUT2D eigenvalue weighted by atomic mass is 16.1. The Morgan fingerprint density at radius 3 is 2.52 bits per heavy atom. The van der Waals surface area contributed by atoms with Crippen molar-refractivity contribution in [3.8, 4) is 0 Å². The molecule has 1 unspecified atom stereocenters. The van der Waals surface area contributed by atoms with Crippen LogP contribution >= 0.6 is 0 Å². The normalized spacial score (nSPS) is 12.0. The van der Waals surface area contributed by atoms with Crippen LogP contribution in [0.1, 0.15) is 35.6 Å². The molecule has 2 aromatic rings. The molecular formula is C18H22N2O. The number of rotatable bonds is 5. The molecule has 0 aliphatic carbocycles. The lowest BCUT2D eigenvalue weighted by atomic mass is 10.0. The van der Waals surface area contributed by atoms with Crippen molar-refractivity contribution in [3.05, 3.63) is 65.2 Å². The van der Waals surface area contributed by atoms with E-state index in [9.17, 15) is 4.79 Å². The molecule has 3 heteroatoms. The molecule has 0 radical (unpaired) electrons. The van der Waals surface area contributed by atoms with Crippen LogP contribution in [0.3, 0.4) is 0 Å². The van der Waals surface area contributed by atoms with Gasteiger partial charge in [0.25, 0.3) is 0 Å². The highest BCUT2D eigenvalue weighted by molar-refractivity contribution is 5.91. The van der Waals surface area contributed by atoms with E-state index in [1.54, 1.807) is 0 Å². The molecule has 0 aliphatic heterocycles. The molecule has 0 saturated heterocycles. The molecule has 21 heavy (non-hydrogen) atoms. The predicted octanol–water partition coefficient (Wildman–Crippen LogP) is 3.72. The molecule has 1 atom stereocenters. The van der Waals surface area contributed by atoms with Crippen LogP contribution in [0.25, 0.3) is 0 Å². The number of carbonyl (C=O) groups is 1. The van der Waals surface area contributed by atoms with Gasteiger partial charge in [-0.3, -0.25) is 4.79 Å². The molecule has 110 valence electrons. The number of benzene rings is 2. The lowest BCUT2D eigenvalue weighted by Gasteiger charge is -2.13. The molecular weight excluding hydrogens is 260 g/mol. The maximum atomic E-state index is 12.0. The van der Waals surface area contributed by atoms with Crippen molar-refractivity contribution in [1.29, 1.82) is 0 Å². The standard InChI is InChI=1S/C18H22N2O/c1-13-7-6-10-17(14(13)2)20-18(21)12-11-16(19)15-8-4-3-5-9-15/h3-10,16H,11-12,19H2,1-2H3,(H,20,21). The third kappa shape index (κ3) is 4.17. The van der Waals surface area contributed by atoms with Crippen molar-refractivity contribution in [2.45, 2.75) is 32.7 Å². The van der Waals surface area contributed by atoms with Gasteiger partial charge < -0.3 is 11.1 Å². The van der Waals surface area contributed by atoms with E-state index in [4.69, 9.17) is 5.73 Å². The highest BCUT2D eigenvalue weighted by Crippen LogP contribution is 2.19. The topological polar surface area (TPSA) is 55.1 Å². The van der Waals surface area contributed by atoms with Crippen molar-refractivity contribution in [1.82, 2.24) is 0 Å². The molecule has 0 spiro atoms. The number of anilines is 1. The van der Waals surface area contributed by atoms with Gasteiger partial charge in [-0.1, -0.05) is 42.5 Å². The number of hydrogen-bond acceptors (Lipinski definition) is 2. The predicted molar refractivity (Wildman–Crippen MR) is 87.2 cm³/mol. The molecule has 0 bridgehead atoms. The van der Waals surface area contributed by atoms with E-state index in [1.165, 1.54) is 5.56 Å². The minimum absolute atomic E-state index is 0.00933. The van der Waals surface area contributed by atoms with Crippen molar-refractivity contribution < 1.29 is 4.79 Å². The number of nitrogens with two attached hydrogens (primary N) is 1. The summed E-state index contributed by atoms with van der Waals surface area (Å²) in [6, 6.07) is 15.7. The average Bonchev–Trinajstić information content (AvgIpc) is 2.50. The van der Waals surface area contributed by atoms with Crippen molar-refractivity contribution in [2.24, 2.45) is 5.73 Å². The van der Waals surface area contributed by atoms with Crippen LogP contribution in [0.15, 0.2) is 48.5 Å². The zero-order valence-electron chi connectivity index (χ0n) is 12.6. The maximum absolute atomic E-state index is 12.0. The first-order valence-corrected chi connectivity index (χ1v) is 7.24. The molecule has 0 heterocycles. The van der Waals surface area contributed by atoms with E-state index in [1.807, 2.05) is 62.4 Å². The zero-order valence-corrected chi connectivity index (χ0v) is 12.6. The van der Waals surface area contributed by atoms with E-state index in [0.29, 0.717) is 12.8 Å². The number of aryl methyl sites for hydroxylation is 1. The highest BCUT2D eigenvalue weighted by Gasteiger charge is 2.10. The van der Waals surface area contributed by atoms with Crippen LogP contribution < -0.4 is 11.1 Å². The number of hydrogen-bond donors (Lipinski definition) is 2. The van der Waals surface area contributed by atoms with Crippen LogP contribution in [-0.2, 0) is 4.79 Å². The smallest absolute Gasteiger partial charge is 0.224 e. The molecule has 3 nitrogen and oxygen atoms in total. The summed E-state index contributed by atoms with van der Waals surface area (Å²) in [5.74, 6) is 0.00933. The van der Waals surface area contributed by atoms with Crippen molar-refractivity contribution in [2.75, 3.05) is 5.32 Å². The molecule has 2 rings (SSSR count). The molecule has 0 aromatic heterocycles. The number of amides is 1. The molecule has 3 N–H and O–H groups in total. The van der Waals surface area contributed by atoms with E-state index >= 15 is 0 Å². The summed E-state index contributed by atoms with van der Waals surface area (Å²) in [4.78, 5) is 12.0. The van der Waals surface area contributed by atoms with Gasteiger partial charge in [0.05, 0.1) is 0 Å². The van der Waals surface area contributed by atoms with Crippen LogP contribution in [0, 0.1) is 13.8 Å². The summed E-state index contributed by atoms with van der Waals surface area (Å²) in [6.07, 6.45) is 1.06. The molecule has 0 aliphatic rings. The first kappa shape index (κ1) is 15.3. The molecule has 0 saturated carbocycles. The summed E-state index contributed by atoms with van der Waals surface area (Å²) >= 11 is 0. The van der Waals surface area contributed by atoms with Gasteiger partial charge in [-0.25, -0.2) is 0 Å². The van der Waals surface area contributed by atoms with Gasteiger partial charge in [0.2, 0.25) is 5.91 Å². The SMILES string of the molecule is Cc1cccc(NC(=O)CCC(N)c2ccccc2)c1C. The zero-order chi connectivity index (χ0) is 15.2. The molecule has 1 amide bonds. The average molecular weight is 282 g/mol. The summed E-state index contributed by atoms with van der Waals surface area (Å²) in [5, 5.41) is 2.96. The van der Waals surface area contributed by atoms with Gasteiger partial charge in [0.1, 0.15) is 0 Å². The third-order valence-electron chi connectivity index (χ3n) is 3.79. The Bertz CT molecular complexity index is 608. The summed E-state index contributed by atoms with van der Waals surface area (Å²) in [7, 11) is 0. The Hall–Kier alpha value is -2.13. The fourth-order valence-corrected chi connectivity index (χ4v) is 2.25. The van der Waals surface area contributed by atoms with Crippen LogP contribution in [0.5, 0.6) is 0 Å². The molecule has 0 fully saturated rings. The molecule has 2 aromatic carbocycles. The van der Waals surface area contributed by atoms with E-state index in [2.05, 4.69) is 5.32 Å². The lowest BCUT2D eigenvalue weighted by Crippen LogP contribution is -2.17. The summed E-state index contributed by atoms with van der Waals surface area (Å²) in [5.41, 5.74) is 10.3. The minimum atomic E-state index is -0.101. The Kier molecular flexibility index (Phi) is 5.12. The van der Waals surface area contributed by atoms with Crippen molar-refractivity contribution in [3.63, 3.8) is 0 Å². The maximum Gasteiger partial charge on any atom is 0.224 e. The monoisotopic (exact) mass is 282 g/mol.